The van der Waals surface area contributed by atoms with Gasteiger partial charge in [0.1, 0.15) is 0 Å². The van der Waals surface area contributed by atoms with Crippen molar-refractivity contribution in [2.24, 2.45) is 5.73 Å². The van der Waals surface area contributed by atoms with Gasteiger partial charge in [0.2, 0.25) is 0 Å². The summed E-state index contributed by atoms with van der Waals surface area (Å²) in [6.07, 6.45) is 0. The van der Waals surface area contributed by atoms with Crippen molar-refractivity contribution in [1.82, 2.24) is 5.32 Å². The Labute approximate surface area is 92.9 Å². The first-order valence-corrected chi connectivity index (χ1v) is 5.48. The van der Waals surface area contributed by atoms with Gasteiger partial charge in [-0.1, -0.05) is 17.7 Å². The Kier molecular flexibility index (Phi) is 3.89. The van der Waals surface area contributed by atoms with Crippen LogP contribution in [0.25, 0.3) is 0 Å². The maximum absolute atomic E-state index is 5.99. The SMILES string of the molecule is CNC(c1c(C)cc(C)cc1C)C(C)N. The first-order valence-electron chi connectivity index (χ1n) is 5.48. The zero-order valence-corrected chi connectivity index (χ0v) is 10.4. The summed E-state index contributed by atoms with van der Waals surface area (Å²) in [6, 6.07) is 4.80. The van der Waals surface area contributed by atoms with Crippen LogP contribution in [-0.2, 0) is 0 Å². The van der Waals surface area contributed by atoms with E-state index in [0.717, 1.165) is 0 Å². The molecule has 0 aliphatic heterocycles. The molecule has 3 N–H and O–H groups in total. The van der Waals surface area contributed by atoms with E-state index in [-0.39, 0.29) is 12.1 Å². The van der Waals surface area contributed by atoms with Gasteiger partial charge in [0.05, 0.1) is 0 Å². The van der Waals surface area contributed by atoms with E-state index in [2.05, 4.69) is 38.2 Å². The molecule has 0 saturated heterocycles. The van der Waals surface area contributed by atoms with Gasteiger partial charge in [0.15, 0.2) is 0 Å². The Balaban J connectivity index is 3.23. The zero-order chi connectivity index (χ0) is 11.6. The van der Waals surface area contributed by atoms with Crippen molar-refractivity contribution in [3.05, 3.63) is 34.4 Å². The van der Waals surface area contributed by atoms with E-state index in [1.807, 2.05) is 14.0 Å². The number of rotatable bonds is 3. The Morgan fingerprint density at radius 1 is 1.13 bits per heavy atom. The van der Waals surface area contributed by atoms with Crippen LogP contribution in [0.15, 0.2) is 12.1 Å². The third-order valence-electron chi connectivity index (χ3n) is 2.89. The predicted octanol–water partition coefficient (Wildman–Crippen LogP) is 2.22. The topological polar surface area (TPSA) is 38.0 Å². The smallest absolute Gasteiger partial charge is 0.0473 e. The summed E-state index contributed by atoms with van der Waals surface area (Å²) in [5.74, 6) is 0. The van der Waals surface area contributed by atoms with Gasteiger partial charge in [-0.25, -0.2) is 0 Å². The van der Waals surface area contributed by atoms with Gasteiger partial charge in [-0.3, -0.25) is 0 Å². The van der Waals surface area contributed by atoms with Crippen LogP contribution in [0.4, 0.5) is 0 Å². The Morgan fingerprint density at radius 2 is 1.60 bits per heavy atom. The van der Waals surface area contributed by atoms with Crippen LogP contribution in [0.2, 0.25) is 0 Å². The van der Waals surface area contributed by atoms with Crippen molar-refractivity contribution in [2.75, 3.05) is 7.05 Å². The Bertz CT molecular complexity index is 319. The second kappa shape index (κ2) is 4.77. The van der Waals surface area contributed by atoms with E-state index < -0.39 is 0 Å². The predicted molar refractivity (Wildman–Crippen MR) is 66.1 cm³/mol. The quantitative estimate of drug-likeness (QED) is 0.796. The minimum atomic E-state index is 0.120. The molecule has 0 aliphatic rings. The summed E-state index contributed by atoms with van der Waals surface area (Å²) in [5, 5.41) is 3.29. The normalized spacial score (nSPS) is 15.1. The fourth-order valence-electron chi connectivity index (χ4n) is 2.35. The van der Waals surface area contributed by atoms with Gasteiger partial charge >= 0.3 is 0 Å². The fourth-order valence-corrected chi connectivity index (χ4v) is 2.35. The van der Waals surface area contributed by atoms with Gasteiger partial charge in [0.25, 0.3) is 0 Å². The minimum absolute atomic E-state index is 0.120. The van der Waals surface area contributed by atoms with Crippen molar-refractivity contribution in [3.8, 4) is 0 Å². The molecule has 1 rings (SSSR count). The van der Waals surface area contributed by atoms with Gasteiger partial charge in [-0.2, -0.15) is 0 Å². The first-order chi connectivity index (χ1) is 6.97. The van der Waals surface area contributed by atoms with Crippen molar-refractivity contribution in [3.63, 3.8) is 0 Å². The first kappa shape index (κ1) is 12.2. The second-order valence-electron chi connectivity index (χ2n) is 4.44. The van der Waals surface area contributed by atoms with Crippen LogP contribution in [0.3, 0.4) is 0 Å². The summed E-state index contributed by atoms with van der Waals surface area (Å²) >= 11 is 0. The molecule has 0 radical (unpaired) electrons. The summed E-state index contributed by atoms with van der Waals surface area (Å²) in [4.78, 5) is 0. The van der Waals surface area contributed by atoms with Crippen LogP contribution in [0, 0.1) is 20.8 Å². The number of hydrogen-bond acceptors (Lipinski definition) is 2. The minimum Gasteiger partial charge on any atom is -0.326 e. The molecule has 0 heterocycles. The van der Waals surface area contributed by atoms with Crippen molar-refractivity contribution < 1.29 is 0 Å². The molecule has 0 spiro atoms. The fraction of sp³-hybridized carbons (Fsp3) is 0.538. The summed E-state index contributed by atoms with van der Waals surface area (Å²) in [7, 11) is 1.97. The third-order valence-corrected chi connectivity index (χ3v) is 2.89. The molecule has 0 aliphatic carbocycles. The van der Waals surface area contributed by atoms with Crippen molar-refractivity contribution >= 4 is 0 Å². The average molecular weight is 206 g/mol. The molecule has 1 aromatic carbocycles. The zero-order valence-electron chi connectivity index (χ0n) is 10.4. The number of aryl methyl sites for hydroxylation is 3. The molecule has 0 saturated carbocycles. The molecular weight excluding hydrogens is 184 g/mol. The largest absolute Gasteiger partial charge is 0.326 e. The lowest BCUT2D eigenvalue weighted by Gasteiger charge is -2.25. The van der Waals surface area contributed by atoms with Crippen LogP contribution >= 0.6 is 0 Å². The molecule has 2 atom stereocenters. The molecule has 2 heteroatoms. The molecule has 84 valence electrons. The lowest BCUT2D eigenvalue weighted by atomic mass is 9.91. The number of nitrogens with two attached hydrogens (primary N) is 1. The number of likely N-dealkylation sites (N-methyl/N-ethyl adjacent to an activating group) is 1. The standard InChI is InChI=1S/C13H22N2/c1-8-6-9(2)12(10(3)7-8)13(15-5)11(4)14/h6-7,11,13,15H,14H2,1-5H3. The lowest BCUT2D eigenvalue weighted by Crippen LogP contribution is -2.34. The van der Waals surface area contributed by atoms with E-state index in [0.29, 0.717) is 0 Å². The second-order valence-corrected chi connectivity index (χ2v) is 4.44. The van der Waals surface area contributed by atoms with Crippen LogP contribution in [0.1, 0.15) is 35.2 Å². The summed E-state index contributed by atoms with van der Waals surface area (Å²) in [6.45, 7) is 8.48. The molecule has 0 fully saturated rings. The molecular formula is C13H22N2. The molecule has 2 unspecified atom stereocenters. The molecule has 15 heavy (non-hydrogen) atoms. The maximum atomic E-state index is 5.99. The Hall–Kier alpha value is -0.860. The van der Waals surface area contributed by atoms with Gasteiger partial charge < -0.3 is 11.1 Å². The van der Waals surface area contributed by atoms with Crippen molar-refractivity contribution in [2.45, 2.75) is 39.8 Å². The average Bonchev–Trinajstić information content (AvgIpc) is 2.09. The van der Waals surface area contributed by atoms with Gasteiger partial charge in [0, 0.05) is 12.1 Å². The molecule has 0 aromatic heterocycles. The van der Waals surface area contributed by atoms with Gasteiger partial charge in [-0.05, 0) is 51.4 Å². The Morgan fingerprint density at radius 3 is 1.93 bits per heavy atom. The number of nitrogens with one attached hydrogen (secondary N) is 1. The highest BCUT2D eigenvalue weighted by molar-refractivity contribution is 5.40. The molecule has 0 amide bonds. The van der Waals surface area contributed by atoms with E-state index in [1.54, 1.807) is 0 Å². The summed E-state index contributed by atoms with van der Waals surface area (Å²) < 4.78 is 0. The van der Waals surface area contributed by atoms with E-state index in [1.165, 1.54) is 22.3 Å². The molecule has 2 nitrogen and oxygen atoms in total. The van der Waals surface area contributed by atoms with Crippen LogP contribution < -0.4 is 11.1 Å². The molecule has 0 bridgehead atoms. The highest BCUT2D eigenvalue weighted by Crippen LogP contribution is 2.24. The van der Waals surface area contributed by atoms with Crippen molar-refractivity contribution in [1.29, 1.82) is 0 Å². The monoisotopic (exact) mass is 206 g/mol. The highest BCUT2D eigenvalue weighted by Gasteiger charge is 2.18. The highest BCUT2D eigenvalue weighted by atomic mass is 14.9. The number of benzene rings is 1. The maximum Gasteiger partial charge on any atom is 0.0473 e. The van der Waals surface area contributed by atoms with E-state index in [9.17, 15) is 0 Å². The molecule has 1 aromatic rings. The number of hydrogen-bond donors (Lipinski definition) is 2. The van der Waals surface area contributed by atoms with Gasteiger partial charge in [-0.15, -0.1) is 0 Å². The van der Waals surface area contributed by atoms with Crippen LogP contribution in [0.5, 0.6) is 0 Å². The van der Waals surface area contributed by atoms with E-state index >= 15 is 0 Å². The van der Waals surface area contributed by atoms with E-state index in [4.69, 9.17) is 5.73 Å². The third kappa shape index (κ3) is 2.58. The summed E-state index contributed by atoms with van der Waals surface area (Å²) in [5.41, 5.74) is 11.3. The van der Waals surface area contributed by atoms with Crippen LogP contribution in [-0.4, -0.2) is 13.1 Å². The lowest BCUT2D eigenvalue weighted by molar-refractivity contribution is 0.499.